The highest BCUT2D eigenvalue weighted by Gasteiger charge is 2.18. The highest BCUT2D eigenvalue weighted by Crippen LogP contribution is 2.31. The molecule has 1 aromatic heterocycles. The van der Waals surface area contributed by atoms with E-state index in [2.05, 4.69) is 49.4 Å². The van der Waals surface area contributed by atoms with Gasteiger partial charge in [-0.05, 0) is 24.0 Å². The van der Waals surface area contributed by atoms with Gasteiger partial charge in [0.2, 0.25) is 0 Å². The molecule has 3 heteroatoms. The first-order valence-corrected chi connectivity index (χ1v) is 6.73. The minimum Gasteiger partial charge on any atom is -0.487 e. The normalized spacial score (nSPS) is 11.6. The zero-order chi connectivity index (χ0) is 13.9. The average Bonchev–Trinajstić information content (AvgIpc) is 2.83. The van der Waals surface area contributed by atoms with Gasteiger partial charge in [-0.1, -0.05) is 39.0 Å². The number of hydrogen-bond donors (Lipinski definition) is 0. The number of rotatable bonds is 4. The number of hydrogen-bond acceptors (Lipinski definition) is 2. The second-order valence-corrected chi connectivity index (χ2v) is 5.71. The molecule has 0 atom stereocenters. The maximum atomic E-state index is 5.99. The summed E-state index contributed by atoms with van der Waals surface area (Å²) in [4.78, 5) is 4.16. The maximum absolute atomic E-state index is 5.99. The van der Waals surface area contributed by atoms with Crippen molar-refractivity contribution in [3.63, 3.8) is 0 Å². The van der Waals surface area contributed by atoms with Gasteiger partial charge in [0.05, 0.1) is 18.2 Å². The molecule has 0 amide bonds. The van der Waals surface area contributed by atoms with E-state index in [9.17, 15) is 0 Å². The molecule has 3 nitrogen and oxygen atoms in total. The van der Waals surface area contributed by atoms with Crippen molar-refractivity contribution in [2.75, 3.05) is 0 Å². The van der Waals surface area contributed by atoms with Crippen molar-refractivity contribution >= 4 is 0 Å². The molecule has 0 N–H and O–H groups in total. The van der Waals surface area contributed by atoms with E-state index in [0.29, 0.717) is 6.61 Å². The topological polar surface area (TPSA) is 27.1 Å². The second-order valence-electron chi connectivity index (χ2n) is 5.71. The number of para-hydroxylation sites is 1. The molecular weight excluding hydrogens is 236 g/mol. The average molecular weight is 258 g/mol. The Morgan fingerprint density at radius 2 is 1.95 bits per heavy atom. The Balaban J connectivity index is 2.16. The number of imidazole rings is 1. The molecule has 2 rings (SSSR count). The van der Waals surface area contributed by atoms with Crippen molar-refractivity contribution in [2.45, 2.75) is 46.3 Å². The van der Waals surface area contributed by atoms with Gasteiger partial charge in [0, 0.05) is 6.54 Å². The molecule has 0 aliphatic carbocycles. The van der Waals surface area contributed by atoms with Crippen LogP contribution >= 0.6 is 0 Å². The molecule has 0 fully saturated rings. The van der Waals surface area contributed by atoms with Crippen LogP contribution in [0.4, 0.5) is 0 Å². The van der Waals surface area contributed by atoms with Gasteiger partial charge in [0.15, 0.2) is 0 Å². The van der Waals surface area contributed by atoms with Crippen LogP contribution in [0.15, 0.2) is 36.8 Å². The standard InChI is InChI=1S/C16H22N2O/c1-5-18-12-17-10-13(18)11-19-15-9-7-6-8-14(15)16(2,3)4/h6-10,12H,5,11H2,1-4H3. The van der Waals surface area contributed by atoms with Crippen LogP contribution in [0.1, 0.15) is 39.0 Å². The first-order chi connectivity index (χ1) is 9.02. The molecule has 0 unspecified atom stereocenters. The van der Waals surface area contributed by atoms with Gasteiger partial charge in [-0.15, -0.1) is 0 Å². The van der Waals surface area contributed by atoms with Gasteiger partial charge in [-0.3, -0.25) is 0 Å². The number of aryl methyl sites for hydroxylation is 1. The largest absolute Gasteiger partial charge is 0.487 e. The molecule has 0 saturated heterocycles. The molecule has 0 aliphatic heterocycles. The summed E-state index contributed by atoms with van der Waals surface area (Å²) in [7, 11) is 0. The van der Waals surface area contributed by atoms with Crippen LogP contribution in [0.2, 0.25) is 0 Å². The summed E-state index contributed by atoms with van der Waals surface area (Å²) in [5.74, 6) is 0.957. The Hall–Kier alpha value is -1.77. The van der Waals surface area contributed by atoms with Crippen LogP contribution in [-0.2, 0) is 18.6 Å². The lowest BCUT2D eigenvalue weighted by molar-refractivity contribution is 0.287. The van der Waals surface area contributed by atoms with E-state index < -0.39 is 0 Å². The fourth-order valence-electron chi connectivity index (χ4n) is 2.12. The fraction of sp³-hybridized carbons (Fsp3) is 0.438. The molecule has 2 aromatic rings. The highest BCUT2D eigenvalue weighted by atomic mass is 16.5. The number of benzene rings is 1. The highest BCUT2D eigenvalue weighted by molar-refractivity contribution is 5.38. The molecular formula is C16H22N2O. The van der Waals surface area contributed by atoms with E-state index in [1.54, 1.807) is 0 Å². The summed E-state index contributed by atoms with van der Waals surface area (Å²) < 4.78 is 8.09. The van der Waals surface area contributed by atoms with Gasteiger partial charge in [-0.2, -0.15) is 0 Å². The summed E-state index contributed by atoms with van der Waals surface area (Å²) in [6.45, 7) is 10.2. The lowest BCUT2D eigenvalue weighted by Gasteiger charge is -2.22. The molecule has 19 heavy (non-hydrogen) atoms. The fourth-order valence-corrected chi connectivity index (χ4v) is 2.12. The summed E-state index contributed by atoms with van der Waals surface area (Å²) in [6, 6.07) is 8.24. The minimum atomic E-state index is 0.0849. The lowest BCUT2D eigenvalue weighted by atomic mass is 9.86. The number of ether oxygens (including phenoxy) is 1. The Morgan fingerprint density at radius 1 is 1.21 bits per heavy atom. The van der Waals surface area contributed by atoms with Crippen LogP contribution in [0.3, 0.4) is 0 Å². The monoisotopic (exact) mass is 258 g/mol. The van der Waals surface area contributed by atoms with Crippen molar-refractivity contribution in [1.29, 1.82) is 0 Å². The van der Waals surface area contributed by atoms with Gasteiger partial charge >= 0.3 is 0 Å². The molecule has 102 valence electrons. The zero-order valence-corrected chi connectivity index (χ0v) is 12.2. The Kier molecular flexibility index (Phi) is 3.93. The van der Waals surface area contributed by atoms with Gasteiger partial charge in [0.1, 0.15) is 12.4 Å². The van der Waals surface area contributed by atoms with Crippen LogP contribution in [0, 0.1) is 0 Å². The third-order valence-electron chi connectivity index (χ3n) is 3.21. The van der Waals surface area contributed by atoms with Crippen LogP contribution in [0.25, 0.3) is 0 Å². The molecule has 0 spiro atoms. The van der Waals surface area contributed by atoms with E-state index in [4.69, 9.17) is 4.74 Å². The van der Waals surface area contributed by atoms with E-state index in [1.807, 2.05) is 24.7 Å². The van der Waals surface area contributed by atoms with Gasteiger partial charge in [-0.25, -0.2) is 4.98 Å². The Bertz CT molecular complexity index is 538. The second kappa shape index (κ2) is 5.47. The summed E-state index contributed by atoms with van der Waals surface area (Å²) in [5, 5.41) is 0. The van der Waals surface area contributed by atoms with Crippen LogP contribution in [0.5, 0.6) is 5.75 Å². The van der Waals surface area contributed by atoms with Crippen molar-refractivity contribution in [3.8, 4) is 5.75 Å². The smallest absolute Gasteiger partial charge is 0.130 e. The SMILES string of the molecule is CCn1cncc1COc1ccccc1C(C)(C)C. The van der Waals surface area contributed by atoms with Crippen molar-refractivity contribution in [1.82, 2.24) is 9.55 Å². The van der Waals surface area contributed by atoms with E-state index in [0.717, 1.165) is 18.0 Å². The molecule has 0 aliphatic rings. The van der Waals surface area contributed by atoms with E-state index in [1.165, 1.54) is 5.56 Å². The summed E-state index contributed by atoms with van der Waals surface area (Å²) in [5.41, 5.74) is 2.42. The molecule has 1 aromatic carbocycles. The first-order valence-electron chi connectivity index (χ1n) is 6.73. The molecule has 1 heterocycles. The quantitative estimate of drug-likeness (QED) is 0.834. The number of nitrogens with zero attached hydrogens (tertiary/aromatic N) is 2. The zero-order valence-electron chi connectivity index (χ0n) is 12.2. The van der Waals surface area contributed by atoms with E-state index in [-0.39, 0.29) is 5.41 Å². The third kappa shape index (κ3) is 3.16. The Labute approximate surface area is 115 Å². The predicted octanol–water partition coefficient (Wildman–Crippen LogP) is 3.78. The van der Waals surface area contributed by atoms with Crippen molar-refractivity contribution in [3.05, 3.63) is 48.0 Å². The Morgan fingerprint density at radius 3 is 2.63 bits per heavy atom. The lowest BCUT2D eigenvalue weighted by Crippen LogP contribution is -2.13. The van der Waals surface area contributed by atoms with Gasteiger partial charge in [0.25, 0.3) is 0 Å². The number of aromatic nitrogens is 2. The van der Waals surface area contributed by atoms with Crippen molar-refractivity contribution < 1.29 is 4.74 Å². The summed E-state index contributed by atoms with van der Waals surface area (Å²) >= 11 is 0. The third-order valence-corrected chi connectivity index (χ3v) is 3.21. The van der Waals surface area contributed by atoms with Crippen LogP contribution < -0.4 is 4.74 Å². The first kappa shape index (κ1) is 13.7. The maximum Gasteiger partial charge on any atom is 0.130 e. The van der Waals surface area contributed by atoms with Gasteiger partial charge < -0.3 is 9.30 Å². The molecule has 0 saturated carbocycles. The summed E-state index contributed by atoms with van der Waals surface area (Å²) in [6.07, 6.45) is 3.71. The van der Waals surface area contributed by atoms with Crippen LogP contribution in [-0.4, -0.2) is 9.55 Å². The molecule has 0 radical (unpaired) electrons. The van der Waals surface area contributed by atoms with Crippen molar-refractivity contribution in [2.24, 2.45) is 0 Å². The van der Waals surface area contributed by atoms with E-state index >= 15 is 0 Å². The predicted molar refractivity (Wildman–Crippen MR) is 77.4 cm³/mol. The molecule has 0 bridgehead atoms. The minimum absolute atomic E-state index is 0.0849.